The third-order valence-electron chi connectivity index (χ3n) is 5.39. The molecule has 0 N–H and O–H groups in total. The summed E-state index contributed by atoms with van der Waals surface area (Å²) in [7, 11) is -3.51. The number of anilines is 1. The average Bonchev–Trinajstić information content (AvgIpc) is 2.85. The lowest BCUT2D eigenvalue weighted by Gasteiger charge is -2.35. The summed E-state index contributed by atoms with van der Waals surface area (Å²) in [5.41, 5.74) is 0.688. The number of rotatable bonds is 8. The molecular formula is C23H25FN4O4S. The molecule has 4 rings (SSSR count). The molecule has 174 valence electrons. The molecule has 3 aromatic rings. The molecule has 0 spiro atoms. The Morgan fingerprint density at radius 2 is 1.58 bits per heavy atom. The van der Waals surface area contributed by atoms with Gasteiger partial charge in [0, 0.05) is 26.2 Å². The van der Waals surface area contributed by atoms with Crippen LogP contribution in [0.15, 0.2) is 71.7 Å². The van der Waals surface area contributed by atoms with Crippen LogP contribution in [-0.2, 0) is 10.0 Å². The number of alkyl halides is 1. The Bertz CT molecular complexity index is 1230. The van der Waals surface area contributed by atoms with E-state index in [9.17, 15) is 17.6 Å². The molecule has 2 aromatic carbocycles. The van der Waals surface area contributed by atoms with Crippen LogP contribution in [0.5, 0.6) is 11.5 Å². The van der Waals surface area contributed by atoms with Crippen LogP contribution in [0.2, 0.25) is 0 Å². The fraction of sp³-hybridized carbons (Fsp3) is 0.304. The zero-order chi connectivity index (χ0) is 23.3. The van der Waals surface area contributed by atoms with E-state index in [1.165, 1.54) is 8.99 Å². The van der Waals surface area contributed by atoms with Gasteiger partial charge in [0.25, 0.3) is 0 Å². The number of sulfonamides is 1. The summed E-state index contributed by atoms with van der Waals surface area (Å²) >= 11 is 0. The van der Waals surface area contributed by atoms with Gasteiger partial charge in [-0.05, 0) is 30.7 Å². The van der Waals surface area contributed by atoms with Crippen molar-refractivity contribution in [3.63, 3.8) is 0 Å². The molecule has 33 heavy (non-hydrogen) atoms. The van der Waals surface area contributed by atoms with Gasteiger partial charge in [-0.1, -0.05) is 36.4 Å². The first kappa shape index (κ1) is 22.9. The van der Waals surface area contributed by atoms with E-state index in [1.807, 2.05) is 41.3 Å². The lowest BCUT2D eigenvalue weighted by molar-refractivity contribution is 0.378. The number of halogens is 1. The Morgan fingerprint density at radius 1 is 0.939 bits per heavy atom. The SMILES string of the molecule is O=c1c(Oc2ccccc2)c(N2CCN(S(=O)(=O)CCCF)CC2)cnn1-c1ccccc1. The summed E-state index contributed by atoms with van der Waals surface area (Å²) in [4.78, 5) is 15.3. The molecule has 0 radical (unpaired) electrons. The summed E-state index contributed by atoms with van der Waals surface area (Å²) in [5.74, 6) is 0.420. The van der Waals surface area contributed by atoms with Crippen molar-refractivity contribution in [3.05, 3.63) is 77.2 Å². The van der Waals surface area contributed by atoms with Gasteiger partial charge in [-0.25, -0.2) is 8.42 Å². The van der Waals surface area contributed by atoms with Crippen molar-refractivity contribution in [2.24, 2.45) is 0 Å². The molecule has 8 nitrogen and oxygen atoms in total. The largest absolute Gasteiger partial charge is 0.449 e. The molecule has 0 bridgehead atoms. The lowest BCUT2D eigenvalue weighted by atomic mass is 10.3. The monoisotopic (exact) mass is 472 g/mol. The zero-order valence-corrected chi connectivity index (χ0v) is 18.8. The minimum Gasteiger partial charge on any atom is -0.449 e. The van der Waals surface area contributed by atoms with Gasteiger partial charge < -0.3 is 9.64 Å². The van der Waals surface area contributed by atoms with Crippen LogP contribution in [-0.4, -0.2) is 61.1 Å². The van der Waals surface area contributed by atoms with Gasteiger partial charge in [0.1, 0.15) is 11.4 Å². The van der Waals surface area contributed by atoms with E-state index in [2.05, 4.69) is 5.10 Å². The number of hydrogen-bond donors (Lipinski definition) is 0. The van der Waals surface area contributed by atoms with Crippen molar-refractivity contribution in [2.45, 2.75) is 6.42 Å². The summed E-state index contributed by atoms with van der Waals surface area (Å²) in [5, 5.41) is 4.34. The van der Waals surface area contributed by atoms with Crippen LogP contribution in [0.4, 0.5) is 10.1 Å². The van der Waals surface area contributed by atoms with E-state index in [1.54, 1.807) is 30.5 Å². The maximum Gasteiger partial charge on any atom is 0.316 e. The molecule has 0 atom stereocenters. The van der Waals surface area contributed by atoms with Crippen LogP contribution >= 0.6 is 0 Å². The topological polar surface area (TPSA) is 84.7 Å². The Kier molecular flexibility index (Phi) is 7.05. The third-order valence-corrected chi connectivity index (χ3v) is 7.34. The molecule has 1 fully saturated rings. The van der Waals surface area contributed by atoms with E-state index < -0.39 is 22.3 Å². The fourth-order valence-corrected chi connectivity index (χ4v) is 5.13. The van der Waals surface area contributed by atoms with Gasteiger partial charge >= 0.3 is 5.56 Å². The summed E-state index contributed by atoms with van der Waals surface area (Å²) in [6.45, 7) is 0.526. The van der Waals surface area contributed by atoms with E-state index in [0.717, 1.165) is 0 Å². The second-order valence-corrected chi connectivity index (χ2v) is 9.66. The number of piperazine rings is 1. The first-order chi connectivity index (χ1) is 16.0. The second kappa shape index (κ2) is 10.1. The van der Waals surface area contributed by atoms with Gasteiger partial charge in [0.15, 0.2) is 0 Å². The molecule has 0 aliphatic carbocycles. The fourth-order valence-electron chi connectivity index (χ4n) is 3.68. The maximum absolute atomic E-state index is 13.4. The first-order valence-corrected chi connectivity index (χ1v) is 12.3. The minimum atomic E-state index is -3.51. The Balaban J connectivity index is 1.64. The predicted molar refractivity (Wildman–Crippen MR) is 125 cm³/mol. The molecule has 0 unspecified atom stereocenters. The Hall–Kier alpha value is -3.24. The molecule has 1 aromatic heterocycles. The van der Waals surface area contributed by atoms with Crippen molar-refractivity contribution in [1.29, 1.82) is 0 Å². The minimum absolute atomic E-state index is 0.0146. The predicted octanol–water partition coefficient (Wildman–Crippen LogP) is 2.84. The molecule has 1 aliphatic heterocycles. The van der Waals surface area contributed by atoms with Crippen LogP contribution in [0.3, 0.4) is 0 Å². The molecule has 10 heteroatoms. The maximum atomic E-state index is 13.4. The molecule has 1 saturated heterocycles. The molecule has 0 amide bonds. The Labute approximate surface area is 191 Å². The molecule has 1 aliphatic rings. The molecule has 0 saturated carbocycles. The van der Waals surface area contributed by atoms with Gasteiger partial charge in [-0.2, -0.15) is 14.1 Å². The third kappa shape index (κ3) is 5.23. The molecule has 2 heterocycles. The summed E-state index contributed by atoms with van der Waals surface area (Å²) in [6, 6.07) is 18.0. The van der Waals surface area contributed by atoms with Crippen molar-refractivity contribution >= 4 is 15.7 Å². The van der Waals surface area contributed by atoms with Crippen LogP contribution < -0.4 is 15.2 Å². The summed E-state index contributed by atoms with van der Waals surface area (Å²) in [6.07, 6.45) is 1.55. The standard InChI is InChI=1S/C23H25FN4O4S/c24-12-7-17-33(30,31)27-15-13-26(14-16-27)21-18-25-28(19-8-3-1-4-9-19)23(29)22(21)32-20-10-5-2-6-11-20/h1-6,8-11,18H,7,12-17H2. The smallest absolute Gasteiger partial charge is 0.316 e. The van der Waals surface area contributed by atoms with Crippen LogP contribution in [0.25, 0.3) is 5.69 Å². The Morgan fingerprint density at radius 3 is 2.21 bits per heavy atom. The van der Waals surface area contributed by atoms with Crippen molar-refractivity contribution in [2.75, 3.05) is 43.5 Å². The number of nitrogens with zero attached hydrogens (tertiary/aromatic N) is 4. The van der Waals surface area contributed by atoms with Crippen molar-refractivity contribution in [3.8, 4) is 17.2 Å². The summed E-state index contributed by atoms with van der Waals surface area (Å²) < 4.78 is 45.9. The van der Waals surface area contributed by atoms with Gasteiger partial charge in [-0.3, -0.25) is 9.18 Å². The van der Waals surface area contributed by atoms with E-state index >= 15 is 0 Å². The highest BCUT2D eigenvalue weighted by Gasteiger charge is 2.29. The van der Waals surface area contributed by atoms with Crippen molar-refractivity contribution in [1.82, 2.24) is 14.1 Å². The number of benzene rings is 2. The lowest BCUT2D eigenvalue weighted by Crippen LogP contribution is -2.49. The molecular weight excluding hydrogens is 447 g/mol. The van der Waals surface area contributed by atoms with Gasteiger partial charge in [0.2, 0.25) is 15.8 Å². The number of aromatic nitrogens is 2. The van der Waals surface area contributed by atoms with Crippen LogP contribution in [0, 0.1) is 0 Å². The normalized spacial score (nSPS) is 14.9. The highest BCUT2D eigenvalue weighted by atomic mass is 32.2. The van der Waals surface area contributed by atoms with Crippen LogP contribution in [0.1, 0.15) is 6.42 Å². The van der Waals surface area contributed by atoms with E-state index in [4.69, 9.17) is 4.74 Å². The average molecular weight is 473 g/mol. The van der Waals surface area contributed by atoms with Gasteiger partial charge in [-0.15, -0.1) is 0 Å². The van der Waals surface area contributed by atoms with Gasteiger partial charge in [0.05, 0.1) is 24.3 Å². The highest BCUT2D eigenvalue weighted by molar-refractivity contribution is 7.89. The first-order valence-electron chi connectivity index (χ1n) is 10.7. The second-order valence-electron chi connectivity index (χ2n) is 7.57. The number of para-hydroxylation sites is 2. The van der Waals surface area contributed by atoms with E-state index in [-0.39, 0.29) is 31.0 Å². The highest BCUT2D eigenvalue weighted by Crippen LogP contribution is 2.30. The number of hydrogen-bond acceptors (Lipinski definition) is 6. The van der Waals surface area contributed by atoms with Crippen molar-refractivity contribution < 1.29 is 17.5 Å². The quantitative estimate of drug-likeness (QED) is 0.501. The number of ether oxygens (including phenoxy) is 1. The zero-order valence-electron chi connectivity index (χ0n) is 18.0. The van der Waals surface area contributed by atoms with E-state index in [0.29, 0.717) is 30.2 Å².